The number of primary sulfonamides is 1. The van der Waals surface area contributed by atoms with Crippen molar-refractivity contribution in [2.75, 3.05) is 11.4 Å². The molecule has 0 radical (unpaired) electrons. The standard InChI is InChI=1S/C16H23F3N2O2S/c1-15(2,3)10-12-5-4-8-21(12)11-6-7-14(24(20,22)23)13(9-11)16(17,18)19/h6-7,9,12H,4-5,8,10H2,1-3H3,(H2,20,22,23). The number of alkyl halides is 3. The van der Waals surface area contributed by atoms with Gasteiger partial charge in [0.1, 0.15) is 0 Å². The molecule has 0 bridgehead atoms. The number of halogens is 3. The van der Waals surface area contributed by atoms with Gasteiger partial charge in [0.2, 0.25) is 10.0 Å². The first-order valence-electron chi connectivity index (χ1n) is 7.80. The first kappa shape index (κ1) is 19.1. The highest BCUT2D eigenvalue weighted by molar-refractivity contribution is 7.89. The lowest BCUT2D eigenvalue weighted by atomic mass is 9.87. The molecule has 24 heavy (non-hydrogen) atoms. The van der Waals surface area contributed by atoms with Crippen LogP contribution in [0.25, 0.3) is 0 Å². The monoisotopic (exact) mass is 364 g/mol. The van der Waals surface area contributed by atoms with E-state index in [1.165, 1.54) is 6.07 Å². The maximum Gasteiger partial charge on any atom is 0.417 e. The van der Waals surface area contributed by atoms with Crippen LogP contribution in [0.1, 0.15) is 45.6 Å². The number of hydrogen-bond donors (Lipinski definition) is 1. The number of sulfonamides is 1. The molecule has 4 nitrogen and oxygen atoms in total. The molecule has 1 saturated heterocycles. The Morgan fingerprint density at radius 1 is 1.25 bits per heavy atom. The molecule has 0 spiro atoms. The number of benzene rings is 1. The molecule has 1 aliphatic rings. The number of hydrogen-bond acceptors (Lipinski definition) is 3. The molecule has 2 N–H and O–H groups in total. The molecule has 8 heteroatoms. The second-order valence-electron chi connectivity index (χ2n) is 7.48. The number of rotatable bonds is 3. The predicted molar refractivity (Wildman–Crippen MR) is 87.3 cm³/mol. The largest absolute Gasteiger partial charge is 0.417 e. The van der Waals surface area contributed by atoms with Crippen LogP contribution in [-0.2, 0) is 16.2 Å². The van der Waals surface area contributed by atoms with E-state index in [0.29, 0.717) is 12.2 Å². The van der Waals surface area contributed by atoms with Crippen LogP contribution in [0.5, 0.6) is 0 Å². The molecule has 0 aromatic heterocycles. The van der Waals surface area contributed by atoms with Gasteiger partial charge in [0.15, 0.2) is 0 Å². The van der Waals surface area contributed by atoms with E-state index in [2.05, 4.69) is 20.8 Å². The first-order chi connectivity index (χ1) is 10.8. The summed E-state index contributed by atoms with van der Waals surface area (Å²) in [4.78, 5) is 1.05. The Morgan fingerprint density at radius 2 is 1.88 bits per heavy atom. The smallest absolute Gasteiger partial charge is 0.369 e. The highest BCUT2D eigenvalue weighted by Gasteiger charge is 2.38. The molecule has 0 amide bonds. The van der Waals surface area contributed by atoms with Gasteiger partial charge < -0.3 is 4.90 Å². The van der Waals surface area contributed by atoms with Crippen LogP contribution < -0.4 is 10.0 Å². The van der Waals surface area contributed by atoms with Gasteiger partial charge in [-0.3, -0.25) is 0 Å². The maximum atomic E-state index is 13.3. The van der Waals surface area contributed by atoms with Crippen molar-refractivity contribution in [2.24, 2.45) is 10.6 Å². The second-order valence-corrected chi connectivity index (χ2v) is 9.01. The predicted octanol–water partition coefficient (Wildman–Crippen LogP) is 3.76. The molecule has 136 valence electrons. The van der Waals surface area contributed by atoms with Crippen LogP contribution in [0.15, 0.2) is 23.1 Å². The first-order valence-corrected chi connectivity index (χ1v) is 9.34. The molecule has 0 saturated carbocycles. The highest BCUT2D eigenvalue weighted by Crippen LogP contribution is 2.39. The van der Waals surface area contributed by atoms with E-state index in [9.17, 15) is 21.6 Å². The molecule has 1 aliphatic heterocycles. The minimum atomic E-state index is -4.78. The van der Waals surface area contributed by atoms with Gasteiger partial charge in [-0.25, -0.2) is 13.6 Å². The molecule has 1 fully saturated rings. The van der Waals surface area contributed by atoms with E-state index >= 15 is 0 Å². The molecule has 1 aromatic carbocycles. The molecule has 1 atom stereocenters. The Kier molecular flexibility index (Phi) is 4.94. The van der Waals surface area contributed by atoms with Crippen LogP contribution >= 0.6 is 0 Å². The fourth-order valence-electron chi connectivity index (χ4n) is 3.26. The van der Waals surface area contributed by atoms with Gasteiger partial charge in [-0.1, -0.05) is 20.8 Å². The normalized spacial score (nSPS) is 19.8. The van der Waals surface area contributed by atoms with Crippen molar-refractivity contribution in [1.29, 1.82) is 0 Å². The van der Waals surface area contributed by atoms with Gasteiger partial charge in [0.05, 0.1) is 10.5 Å². The number of nitrogens with two attached hydrogens (primary N) is 1. The Labute approximate surface area is 140 Å². The van der Waals surface area contributed by atoms with Gasteiger partial charge >= 0.3 is 6.18 Å². The van der Waals surface area contributed by atoms with Crippen molar-refractivity contribution in [3.63, 3.8) is 0 Å². The molecule has 1 unspecified atom stereocenters. The summed E-state index contributed by atoms with van der Waals surface area (Å²) in [7, 11) is -4.44. The highest BCUT2D eigenvalue weighted by atomic mass is 32.2. The number of nitrogens with zero attached hydrogens (tertiary/aromatic N) is 1. The summed E-state index contributed by atoms with van der Waals surface area (Å²) in [6, 6.07) is 3.42. The van der Waals surface area contributed by atoms with Gasteiger partial charge in [0.25, 0.3) is 0 Å². The fourth-order valence-corrected chi connectivity index (χ4v) is 4.00. The lowest BCUT2D eigenvalue weighted by Gasteiger charge is -2.32. The zero-order valence-corrected chi connectivity index (χ0v) is 14.8. The zero-order valence-electron chi connectivity index (χ0n) is 14.0. The summed E-state index contributed by atoms with van der Waals surface area (Å²) in [5, 5.41) is 4.93. The fraction of sp³-hybridized carbons (Fsp3) is 0.625. The summed E-state index contributed by atoms with van der Waals surface area (Å²) in [5.41, 5.74) is -0.758. The summed E-state index contributed by atoms with van der Waals surface area (Å²) in [6.45, 7) is 6.94. The van der Waals surface area contributed by atoms with Gasteiger partial charge in [0, 0.05) is 18.3 Å². The third-order valence-corrected chi connectivity index (χ3v) is 5.10. The lowest BCUT2D eigenvalue weighted by molar-refractivity contribution is -0.139. The van der Waals surface area contributed by atoms with Crippen molar-refractivity contribution in [2.45, 2.75) is 57.1 Å². The van der Waals surface area contributed by atoms with Crippen LogP contribution in [0.4, 0.5) is 18.9 Å². The summed E-state index contributed by atoms with van der Waals surface area (Å²) in [5.74, 6) is 0. The van der Waals surface area contributed by atoms with Gasteiger partial charge in [-0.2, -0.15) is 13.2 Å². The van der Waals surface area contributed by atoms with E-state index in [1.807, 2.05) is 4.90 Å². The molecule has 1 heterocycles. The quantitative estimate of drug-likeness (QED) is 0.888. The zero-order chi connectivity index (χ0) is 18.3. The molecular weight excluding hydrogens is 341 g/mol. The maximum absolute atomic E-state index is 13.3. The summed E-state index contributed by atoms with van der Waals surface area (Å²) >= 11 is 0. The molecule has 0 aliphatic carbocycles. The van der Waals surface area contributed by atoms with Gasteiger partial charge in [-0.05, 0) is 42.9 Å². The van der Waals surface area contributed by atoms with Crippen LogP contribution in [0.2, 0.25) is 0 Å². The van der Waals surface area contributed by atoms with Crippen molar-refractivity contribution >= 4 is 15.7 Å². The van der Waals surface area contributed by atoms with Gasteiger partial charge in [-0.15, -0.1) is 0 Å². The molecule has 1 aromatic rings. The minimum absolute atomic E-state index is 0.0562. The topological polar surface area (TPSA) is 63.4 Å². The average Bonchev–Trinajstić information content (AvgIpc) is 2.81. The van der Waals surface area contributed by atoms with E-state index in [0.717, 1.165) is 31.4 Å². The van der Waals surface area contributed by atoms with Crippen molar-refractivity contribution < 1.29 is 21.6 Å². The van der Waals surface area contributed by atoms with Crippen molar-refractivity contribution in [1.82, 2.24) is 0 Å². The van der Waals surface area contributed by atoms with Crippen LogP contribution in [-0.4, -0.2) is 21.0 Å². The Hall–Kier alpha value is -1.28. The number of anilines is 1. The van der Waals surface area contributed by atoms with Crippen LogP contribution in [0.3, 0.4) is 0 Å². The van der Waals surface area contributed by atoms with Crippen LogP contribution in [0, 0.1) is 5.41 Å². The van der Waals surface area contributed by atoms with E-state index in [-0.39, 0.29) is 11.5 Å². The van der Waals surface area contributed by atoms with Crippen molar-refractivity contribution in [3.05, 3.63) is 23.8 Å². The Bertz CT molecular complexity index is 709. The lowest BCUT2D eigenvalue weighted by Crippen LogP contribution is -2.33. The second kappa shape index (κ2) is 6.22. The third-order valence-electron chi connectivity index (χ3n) is 4.13. The van der Waals surface area contributed by atoms with Crippen molar-refractivity contribution in [3.8, 4) is 0 Å². The SMILES string of the molecule is CC(C)(C)CC1CCCN1c1ccc(S(N)(=O)=O)c(C(F)(F)F)c1. The third kappa shape index (κ3) is 4.42. The summed E-state index contributed by atoms with van der Waals surface area (Å²) in [6.07, 6.45) is -2.11. The molecule has 2 rings (SSSR count). The summed E-state index contributed by atoms with van der Waals surface area (Å²) < 4.78 is 62.7. The minimum Gasteiger partial charge on any atom is -0.369 e. The van der Waals surface area contributed by atoms with E-state index in [1.54, 1.807) is 0 Å². The van der Waals surface area contributed by atoms with E-state index in [4.69, 9.17) is 5.14 Å². The Balaban J connectivity index is 2.45. The molecular formula is C16H23F3N2O2S. The Morgan fingerprint density at radius 3 is 2.38 bits per heavy atom. The van der Waals surface area contributed by atoms with E-state index < -0.39 is 26.7 Å². The average molecular weight is 364 g/mol.